The third-order valence-electron chi connectivity index (χ3n) is 7.96. The Bertz CT molecular complexity index is 1250. The van der Waals surface area contributed by atoms with Crippen LogP contribution in [0, 0.1) is 6.92 Å². The molecule has 0 fully saturated rings. The first-order valence-electron chi connectivity index (χ1n) is 15.9. The number of aromatic hydroxyl groups is 1. The summed E-state index contributed by atoms with van der Waals surface area (Å²) in [7, 11) is 2.19. The van der Waals surface area contributed by atoms with Crippen LogP contribution in [0.5, 0.6) is 11.5 Å². The molecule has 3 aromatic rings. The van der Waals surface area contributed by atoms with Crippen molar-refractivity contribution in [1.29, 1.82) is 0 Å². The van der Waals surface area contributed by atoms with E-state index < -0.39 is 5.43 Å². The van der Waals surface area contributed by atoms with Gasteiger partial charge in [0.05, 0.1) is 21.9 Å². The lowest BCUT2D eigenvalue weighted by atomic mass is 10.1. The smallest absolute Gasteiger partial charge is 0.235 e. The van der Waals surface area contributed by atoms with Crippen LogP contribution < -0.4 is 15.1 Å². The minimum atomic E-state index is -0.415. The summed E-state index contributed by atoms with van der Waals surface area (Å²) in [5.74, 6) is 0.591. The van der Waals surface area contributed by atoms with Crippen molar-refractivity contribution in [3.8, 4) is 22.1 Å². The Hall–Kier alpha value is -2.51. The van der Waals surface area contributed by atoms with Crippen molar-refractivity contribution in [1.82, 2.24) is 4.90 Å². The maximum absolute atomic E-state index is 13.0. The van der Waals surface area contributed by atoms with E-state index in [0.717, 1.165) is 48.0 Å². The zero-order chi connectivity index (χ0) is 29.6. The van der Waals surface area contributed by atoms with Gasteiger partial charge in [-0.1, -0.05) is 64.7 Å². The quantitative estimate of drug-likeness (QED) is 0.134. The lowest BCUT2D eigenvalue weighted by Crippen LogP contribution is -2.22. The number of fused-ring (bicyclic) bond motifs is 1. The van der Waals surface area contributed by atoms with Gasteiger partial charge in [-0.2, -0.15) is 0 Å². The highest BCUT2D eigenvalue weighted by Gasteiger charge is 2.20. The summed E-state index contributed by atoms with van der Waals surface area (Å²) < 4.78 is 12.3. The van der Waals surface area contributed by atoms with E-state index in [0.29, 0.717) is 23.3 Å². The van der Waals surface area contributed by atoms with Gasteiger partial charge in [-0.3, -0.25) is 4.79 Å². The van der Waals surface area contributed by atoms with Crippen molar-refractivity contribution in [3.05, 3.63) is 40.1 Å². The van der Waals surface area contributed by atoms with Crippen LogP contribution >= 0.6 is 11.3 Å². The van der Waals surface area contributed by atoms with E-state index in [1.54, 1.807) is 6.07 Å². The molecule has 0 spiro atoms. The molecule has 1 aromatic carbocycles. The van der Waals surface area contributed by atoms with Gasteiger partial charge in [-0.25, -0.2) is 0 Å². The molecule has 0 aliphatic rings. The van der Waals surface area contributed by atoms with E-state index in [1.165, 1.54) is 75.5 Å². The minimum absolute atomic E-state index is 0.222. The molecule has 0 bridgehead atoms. The molecule has 6 nitrogen and oxygen atoms in total. The molecule has 0 unspecified atom stereocenters. The molecule has 0 radical (unpaired) electrons. The third-order valence-corrected chi connectivity index (χ3v) is 9.11. The number of hydrogen-bond donors (Lipinski definition) is 1. The topological polar surface area (TPSA) is 66.2 Å². The average molecular weight is 585 g/mol. The molecule has 228 valence electrons. The first kappa shape index (κ1) is 33.0. The van der Waals surface area contributed by atoms with Crippen LogP contribution in [0.25, 0.3) is 21.6 Å². The van der Waals surface area contributed by atoms with Crippen molar-refractivity contribution in [2.75, 3.05) is 44.7 Å². The van der Waals surface area contributed by atoms with E-state index in [-0.39, 0.29) is 11.5 Å². The van der Waals surface area contributed by atoms with Crippen molar-refractivity contribution >= 4 is 27.3 Å². The largest absolute Gasteiger partial charge is 0.501 e. The predicted molar refractivity (Wildman–Crippen MR) is 175 cm³/mol. The van der Waals surface area contributed by atoms with Crippen LogP contribution in [0.2, 0.25) is 0 Å². The Morgan fingerprint density at radius 2 is 1.49 bits per heavy atom. The monoisotopic (exact) mass is 584 g/mol. The second kappa shape index (κ2) is 17.4. The van der Waals surface area contributed by atoms with E-state index in [1.807, 2.05) is 25.1 Å². The number of rotatable bonds is 20. The number of anilines is 1. The summed E-state index contributed by atoms with van der Waals surface area (Å²) in [6.45, 7) is 12.9. The fourth-order valence-corrected chi connectivity index (χ4v) is 6.46. The van der Waals surface area contributed by atoms with Gasteiger partial charge in [0.15, 0.2) is 5.76 Å². The lowest BCUT2D eigenvalue weighted by molar-refractivity contribution is 0.258. The molecule has 41 heavy (non-hydrogen) atoms. The fraction of sp³-hybridized carbons (Fsp3) is 0.618. The van der Waals surface area contributed by atoms with Gasteiger partial charge in [0.25, 0.3) is 0 Å². The summed E-state index contributed by atoms with van der Waals surface area (Å²) in [6.07, 6.45) is 14.5. The van der Waals surface area contributed by atoms with Gasteiger partial charge >= 0.3 is 0 Å². The summed E-state index contributed by atoms with van der Waals surface area (Å²) in [5.41, 5.74) is 0.832. The first-order chi connectivity index (χ1) is 19.9. The van der Waals surface area contributed by atoms with Gasteiger partial charge in [-0.15, -0.1) is 11.3 Å². The number of hydrogen-bond acceptors (Lipinski definition) is 7. The molecule has 0 saturated heterocycles. The fourth-order valence-electron chi connectivity index (χ4n) is 5.34. The summed E-state index contributed by atoms with van der Waals surface area (Å²) >= 11 is 1.51. The molecule has 0 aliphatic carbocycles. The number of benzene rings is 1. The number of unbranched alkanes of at least 4 members (excludes halogenated alkanes) is 9. The molecule has 0 saturated carbocycles. The zero-order valence-corrected chi connectivity index (χ0v) is 26.9. The first-order valence-corrected chi connectivity index (χ1v) is 16.7. The van der Waals surface area contributed by atoms with Crippen LogP contribution in [0.15, 0.2) is 33.5 Å². The Morgan fingerprint density at radius 1 is 0.854 bits per heavy atom. The van der Waals surface area contributed by atoms with Crippen LogP contribution in [-0.4, -0.2) is 49.8 Å². The predicted octanol–water partition coefficient (Wildman–Crippen LogP) is 9.00. The van der Waals surface area contributed by atoms with Crippen molar-refractivity contribution in [2.24, 2.45) is 0 Å². The SMILES string of the molecule is CCCCCCCCCCCCN(C)CCCOc1ccc2c(=O)c(O)c(-c3ccc(N(CC)CC)s3)oc2c1C. The van der Waals surface area contributed by atoms with Gasteiger partial charge in [0, 0.05) is 25.2 Å². The molecule has 0 amide bonds. The standard InChI is InChI=1S/C34H52N2O4S/c1-6-9-10-11-12-13-14-15-16-17-23-35(5)24-18-25-39-28-20-19-27-31(37)32(38)34(40-33(27)26(28)4)29-21-22-30(41-29)36(7-2)8-3/h19-22,38H,6-18,23-25H2,1-5H3. The molecule has 0 aliphatic heterocycles. The molecule has 2 aromatic heterocycles. The van der Waals surface area contributed by atoms with E-state index in [2.05, 4.69) is 37.6 Å². The zero-order valence-electron chi connectivity index (χ0n) is 26.1. The maximum Gasteiger partial charge on any atom is 0.235 e. The van der Waals surface area contributed by atoms with Gasteiger partial charge in [0.1, 0.15) is 11.3 Å². The normalized spacial score (nSPS) is 11.6. The second-order valence-electron chi connectivity index (χ2n) is 11.2. The molecule has 2 heterocycles. The molecular formula is C34H52N2O4S. The Balaban J connectivity index is 1.49. The molecule has 0 atom stereocenters. The number of thiophene rings is 1. The molecule has 7 heteroatoms. The van der Waals surface area contributed by atoms with Gasteiger partial charge in [-0.05, 0) is 71.5 Å². The van der Waals surface area contributed by atoms with E-state index in [9.17, 15) is 9.90 Å². The van der Waals surface area contributed by atoms with Crippen molar-refractivity contribution in [2.45, 2.75) is 98.3 Å². The maximum atomic E-state index is 13.0. The highest BCUT2D eigenvalue weighted by molar-refractivity contribution is 7.19. The van der Waals surface area contributed by atoms with Crippen LogP contribution in [0.1, 0.15) is 97.0 Å². The summed E-state index contributed by atoms with van der Waals surface area (Å²) in [4.78, 5) is 18.4. The molecule has 3 rings (SSSR count). The van der Waals surface area contributed by atoms with Crippen LogP contribution in [0.3, 0.4) is 0 Å². The highest BCUT2D eigenvalue weighted by Crippen LogP contribution is 2.39. The van der Waals surface area contributed by atoms with Gasteiger partial charge < -0.3 is 24.1 Å². The number of aryl methyl sites for hydroxylation is 1. The second-order valence-corrected chi connectivity index (χ2v) is 12.2. The molecular weight excluding hydrogens is 532 g/mol. The van der Waals surface area contributed by atoms with E-state index >= 15 is 0 Å². The Morgan fingerprint density at radius 3 is 2.15 bits per heavy atom. The summed E-state index contributed by atoms with van der Waals surface area (Å²) in [6, 6.07) is 7.42. The van der Waals surface area contributed by atoms with Crippen molar-refractivity contribution in [3.63, 3.8) is 0 Å². The summed E-state index contributed by atoms with van der Waals surface area (Å²) in [5, 5.41) is 12.2. The Kier molecular flexibility index (Phi) is 14.0. The van der Waals surface area contributed by atoms with Crippen molar-refractivity contribution < 1.29 is 14.3 Å². The average Bonchev–Trinajstić information content (AvgIpc) is 3.45. The highest BCUT2D eigenvalue weighted by atomic mass is 32.1. The van der Waals surface area contributed by atoms with Crippen LogP contribution in [-0.2, 0) is 0 Å². The Labute approximate surface area is 251 Å². The number of ether oxygens (including phenoxy) is 1. The van der Waals surface area contributed by atoms with E-state index in [4.69, 9.17) is 9.15 Å². The van der Waals surface area contributed by atoms with Gasteiger partial charge in [0.2, 0.25) is 11.2 Å². The lowest BCUT2D eigenvalue weighted by Gasteiger charge is -2.18. The minimum Gasteiger partial charge on any atom is -0.501 e. The van der Waals surface area contributed by atoms with Crippen LogP contribution in [0.4, 0.5) is 5.00 Å². The third kappa shape index (κ3) is 9.50. The molecule has 1 N–H and O–H groups in total. The number of nitrogens with zero attached hydrogens (tertiary/aromatic N) is 2.